The third kappa shape index (κ3) is 2.42. The average Bonchev–Trinajstić information content (AvgIpc) is 2.40. The molecule has 1 aliphatic carbocycles. The highest BCUT2D eigenvalue weighted by atomic mass is 16.6. The standard InChI is InChI=1S/C15H25NO3/c1-3-11(9-17)15(2)12(14(18)19-15)13(16)10-7-5-4-6-8-10/h9-13H,3-8,16H2,1-2H3. The molecule has 0 bridgehead atoms. The van der Waals surface area contributed by atoms with Crippen molar-refractivity contribution in [3.8, 4) is 0 Å². The van der Waals surface area contributed by atoms with E-state index in [0.717, 1.165) is 19.1 Å². The van der Waals surface area contributed by atoms with Crippen molar-refractivity contribution in [3.63, 3.8) is 0 Å². The number of rotatable bonds is 5. The maximum atomic E-state index is 11.8. The van der Waals surface area contributed by atoms with Crippen LogP contribution in [-0.4, -0.2) is 23.9 Å². The lowest BCUT2D eigenvalue weighted by Gasteiger charge is -2.51. The molecule has 2 aliphatic rings. The lowest BCUT2D eigenvalue weighted by Crippen LogP contribution is -2.67. The average molecular weight is 267 g/mol. The van der Waals surface area contributed by atoms with E-state index in [1.165, 1.54) is 19.3 Å². The fourth-order valence-electron chi connectivity index (χ4n) is 3.79. The third-order valence-corrected chi connectivity index (χ3v) is 5.11. The molecular weight excluding hydrogens is 242 g/mol. The summed E-state index contributed by atoms with van der Waals surface area (Å²) in [5, 5.41) is 0. The van der Waals surface area contributed by atoms with Gasteiger partial charge in [0.25, 0.3) is 0 Å². The highest BCUT2D eigenvalue weighted by molar-refractivity contribution is 5.83. The monoisotopic (exact) mass is 267 g/mol. The summed E-state index contributed by atoms with van der Waals surface area (Å²) in [4.78, 5) is 23.0. The Bertz CT molecular complexity index is 351. The lowest BCUT2D eigenvalue weighted by molar-refractivity contribution is -0.224. The Balaban J connectivity index is 2.11. The molecule has 4 heteroatoms. The van der Waals surface area contributed by atoms with Crippen molar-refractivity contribution < 1.29 is 14.3 Å². The molecule has 1 saturated heterocycles. The quantitative estimate of drug-likeness (QED) is 0.611. The second kappa shape index (κ2) is 5.61. The van der Waals surface area contributed by atoms with Crippen LogP contribution in [0.3, 0.4) is 0 Å². The Labute approximate surface area is 115 Å². The molecule has 1 saturated carbocycles. The molecule has 4 nitrogen and oxygen atoms in total. The Morgan fingerprint density at radius 2 is 2.05 bits per heavy atom. The minimum Gasteiger partial charge on any atom is -0.457 e. The van der Waals surface area contributed by atoms with Crippen LogP contribution in [0, 0.1) is 17.8 Å². The van der Waals surface area contributed by atoms with Crippen molar-refractivity contribution in [3.05, 3.63) is 0 Å². The maximum Gasteiger partial charge on any atom is 0.315 e. The summed E-state index contributed by atoms with van der Waals surface area (Å²) in [6, 6.07) is -0.166. The minimum absolute atomic E-state index is 0.166. The predicted molar refractivity (Wildman–Crippen MR) is 72.4 cm³/mol. The normalized spacial score (nSPS) is 35.1. The van der Waals surface area contributed by atoms with Gasteiger partial charge in [0.15, 0.2) is 0 Å². The zero-order valence-corrected chi connectivity index (χ0v) is 11.9. The predicted octanol–water partition coefficient (Wildman–Crippen LogP) is 2.05. The summed E-state index contributed by atoms with van der Waals surface area (Å²) >= 11 is 0. The Hall–Kier alpha value is -0.900. The molecule has 0 aromatic rings. The van der Waals surface area contributed by atoms with E-state index in [1.54, 1.807) is 0 Å². The molecule has 108 valence electrons. The topological polar surface area (TPSA) is 69.4 Å². The summed E-state index contributed by atoms with van der Waals surface area (Å²) < 4.78 is 5.34. The molecule has 2 fully saturated rings. The van der Waals surface area contributed by atoms with E-state index in [0.29, 0.717) is 12.3 Å². The zero-order valence-electron chi connectivity index (χ0n) is 11.9. The van der Waals surface area contributed by atoms with Gasteiger partial charge in [-0.2, -0.15) is 0 Å². The molecule has 0 spiro atoms. The molecule has 0 aromatic carbocycles. The molecule has 4 unspecified atom stereocenters. The molecular formula is C15H25NO3. The van der Waals surface area contributed by atoms with Gasteiger partial charge in [-0.3, -0.25) is 4.79 Å². The maximum absolute atomic E-state index is 11.8. The number of hydrogen-bond donors (Lipinski definition) is 1. The number of cyclic esters (lactones) is 1. The van der Waals surface area contributed by atoms with E-state index in [1.807, 2.05) is 13.8 Å². The number of aldehydes is 1. The smallest absolute Gasteiger partial charge is 0.315 e. The van der Waals surface area contributed by atoms with E-state index >= 15 is 0 Å². The van der Waals surface area contributed by atoms with Gasteiger partial charge < -0.3 is 15.3 Å². The van der Waals surface area contributed by atoms with Crippen LogP contribution in [0.4, 0.5) is 0 Å². The summed E-state index contributed by atoms with van der Waals surface area (Å²) in [6.07, 6.45) is 7.44. The van der Waals surface area contributed by atoms with Crippen molar-refractivity contribution >= 4 is 12.3 Å². The summed E-state index contributed by atoms with van der Waals surface area (Å²) in [5.74, 6) is -0.383. The Kier molecular flexibility index (Phi) is 4.29. The van der Waals surface area contributed by atoms with Crippen molar-refractivity contribution in [1.82, 2.24) is 0 Å². The van der Waals surface area contributed by atoms with E-state index in [4.69, 9.17) is 10.5 Å². The van der Waals surface area contributed by atoms with Gasteiger partial charge >= 0.3 is 5.97 Å². The van der Waals surface area contributed by atoms with Gasteiger partial charge in [-0.05, 0) is 32.1 Å². The van der Waals surface area contributed by atoms with Crippen molar-refractivity contribution in [2.24, 2.45) is 23.5 Å². The minimum atomic E-state index is -0.690. The molecule has 1 heterocycles. The number of carbonyl (C=O) groups is 2. The second-order valence-electron chi connectivity index (χ2n) is 6.21. The van der Waals surface area contributed by atoms with Crippen molar-refractivity contribution in [1.29, 1.82) is 0 Å². The first-order valence-electron chi connectivity index (χ1n) is 7.48. The van der Waals surface area contributed by atoms with Gasteiger partial charge in [0.1, 0.15) is 17.8 Å². The van der Waals surface area contributed by atoms with Crippen LogP contribution in [0.15, 0.2) is 0 Å². The van der Waals surface area contributed by atoms with E-state index in [2.05, 4.69) is 0 Å². The van der Waals surface area contributed by atoms with Crippen LogP contribution >= 0.6 is 0 Å². The summed E-state index contributed by atoms with van der Waals surface area (Å²) in [7, 11) is 0. The Morgan fingerprint density at radius 3 is 2.53 bits per heavy atom. The summed E-state index contributed by atoms with van der Waals surface area (Å²) in [6.45, 7) is 3.81. The van der Waals surface area contributed by atoms with Crippen molar-refractivity contribution in [2.45, 2.75) is 64.0 Å². The number of hydrogen-bond acceptors (Lipinski definition) is 4. The van der Waals surface area contributed by atoms with Gasteiger partial charge in [-0.1, -0.05) is 26.2 Å². The van der Waals surface area contributed by atoms with Crippen LogP contribution in [0.25, 0.3) is 0 Å². The SMILES string of the molecule is CCC(C=O)C1(C)OC(=O)C1C(N)C1CCCCC1. The molecule has 0 radical (unpaired) electrons. The number of esters is 1. The lowest BCUT2D eigenvalue weighted by atomic mass is 9.66. The number of nitrogens with two attached hydrogens (primary N) is 1. The van der Waals surface area contributed by atoms with Gasteiger partial charge in [0, 0.05) is 6.04 Å². The van der Waals surface area contributed by atoms with Gasteiger partial charge in [-0.25, -0.2) is 0 Å². The molecule has 4 atom stereocenters. The van der Waals surface area contributed by atoms with Crippen molar-refractivity contribution in [2.75, 3.05) is 0 Å². The van der Waals surface area contributed by atoms with E-state index < -0.39 is 5.60 Å². The largest absolute Gasteiger partial charge is 0.457 e. The van der Waals surface area contributed by atoms with Crippen LogP contribution in [0.5, 0.6) is 0 Å². The fraction of sp³-hybridized carbons (Fsp3) is 0.867. The van der Waals surface area contributed by atoms with E-state index in [9.17, 15) is 9.59 Å². The first-order chi connectivity index (χ1) is 9.04. The van der Waals surface area contributed by atoms with Crippen LogP contribution in [0.1, 0.15) is 52.4 Å². The first-order valence-corrected chi connectivity index (χ1v) is 7.48. The number of ether oxygens (including phenoxy) is 1. The first kappa shape index (κ1) is 14.5. The van der Waals surface area contributed by atoms with Gasteiger partial charge in [-0.15, -0.1) is 0 Å². The van der Waals surface area contributed by atoms with Crippen LogP contribution in [0.2, 0.25) is 0 Å². The second-order valence-corrected chi connectivity index (χ2v) is 6.21. The van der Waals surface area contributed by atoms with Crippen LogP contribution in [-0.2, 0) is 14.3 Å². The van der Waals surface area contributed by atoms with Gasteiger partial charge in [0.2, 0.25) is 0 Å². The van der Waals surface area contributed by atoms with Crippen LogP contribution < -0.4 is 5.73 Å². The zero-order chi connectivity index (χ0) is 14.0. The molecule has 0 amide bonds. The molecule has 1 aliphatic heterocycles. The number of carbonyl (C=O) groups excluding carboxylic acids is 2. The summed E-state index contributed by atoms with van der Waals surface area (Å²) in [5.41, 5.74) is 5.66. The Morgan fingerprint density at radius 1 is 1.42 bits per heavy atom. The molecule has 2 rings (SSSR count). The molecule has 0 aromatic heterocycles. The highest BCUT2D eigenvalue weighted by Crippen LogP contribution is 2.45. The molecule has 19 heavy (non-hydrogen) atoms. The van der Waals surface area contributed by atoms with E-state index in [-0.39, 0.29) is 23.8 Å². The highest BCUT2D eigenvalue weighted by Gasteiger charge is 2.60. The van der Waals surface area contributed by atoms with Gasteiger partial charge in [0.05, 0.1) is 5.92 Å². The molecule has 2 N–H and O–H groups in total. The fourth-order valence-corrected chi connectivity index (χ4v) is 3.79. The third-order valence-electron chi connectivity index (χ3n) is 5.11.